The molecule has 3 N–H and O–H groups in total. The van der Waals surface area contributed by atoms with Gasteiger partial charge < -0.3 is 15.8 Å². The van der Waals surface area contributed by atoms with Gasteiger partial charge in [-0.25, -0.2) is 0 Å². The molecule has 1 amide bonds. The minimum absolute atomic E-state index is 0. The number of amides is 1. The fourth-order valence-corrected chi connectivity index (χ4v) is 3.07. The van der Waals surface area contributed by atoms with Crippen LogP contribution in [0, 0.1) is 0 Å². The summed E-state index contributed by atoms with van der Waals surface area (Å²) in [7, 11) is 0. The van der Waals surface area contributed by atoms with Crippen molar-refractivity contribution >= 4 is 24.0 Å². The summed E-state index contributed by atoms with van der Waals surface area (Å²) in [6, 6.07) is 17.8. The smallest absolute Gasteiger partial charge is 0.224 e. The summed E-state index contributed by atoms with van der Waals surface area (Å²) in [5.41, 5.74) is 8.65. The topological polar surface area (TPSA) is 67.6 Å². The van der Waals surface area contributed by atoms with Crippen molar-refractivity contribution in [2.45, 2.75) is 19.1 Å². The number of benzene rings is 2. The lowest BCUT2D eigenvalue weighted by molar-refractivity contribution is -0.121. The number of anilines is 1. The van der Waals surface area contributed by atoms with E-state index in [4.69, 9.17) is 10.5 Å². The Morgan fingerprint density at radius 2 is 1.92 bits per heavy atom. The maximum atomic E-state index is 12.1. The quantitative estimate of drug-likeness (QED) is 0.760. The van der Waals surface area contributed by atoms with Gasteiger partial charge in [0.1, 0.15) is 0 Å². The molecule has 26 heavy (non-hydrogen) atoms. The normalized spacial score (nSPS) is 17.3. The van der Waals surface area contributed by atoms with Crippen LogP contribution in [0.4, 0.5) is 5.69 Å². The lowest BCUT2D eigenvalue weighted by Crippen LogP contribution is -2.47. The molecular formula is C20H26ClN3O2. The van der Waals surface area contributed by atoms with Crippen molar-refractivity contribution in [2.24, 2.45) is 0 Å². The van der Waals surface area contributed by atoms with Crippen molar-refractivity contribution in [1.29, 1.82) is 0 Å². The van der Waals surface area contributed by atoms with E-state index in [-0.39, 0.29) is 24.4 Å². The van der Waals surface area contributed by atoms with Crippen molar-refractivity contribution in [2.75, 3.05) is 32.0 Å². The number of carbonyl (C=O) groups excluding carboxylic acids is 1. The van der Waals surface area contributed by atoms with Crippen molar-refractivity contribution in [3.05, 3.63) is 65.7 Å². The molecule has 1 aliphatic rings. The van der Waals surface area contributed by atoms with Crippen LogP contribution in [0.2, 0.25) is 0 Å². The Kier molecular flexibility index (Phi) is 7.91. The Bertz CT molecular complexity index is 696. The van der Waals surface area contributed by atoms with Gasteiger partial charge in [-0.05, 0) is 23.3 Å². The van der Waals surface area contributed by atoms with Gasteiger partial charge in [0.2, 0.25) is 5.91 Å². The van der Waals surface area contributed by atoms with Crippen LogP contribution in [0.25, 0.3) is 0 Å². The highest BCUT2D eigenvalue weighted by Crippen LogP contribution is 2.10. The monoisotopic (exact) mass is 375 g/mol. The summed E-state index contributed by atoms with van der Waals surface area (Å²) in [6.45, 7) is 3.89. The molecule has 0 aliphatic carbocycles. The van der Waals surface area contributed by atoms with Gasteiger partial charge in [-0.1, -0.05) is 42.5 Å². The zero-order valence-electron chi connectivity index (χ0n) is 14.8. The average Bonchev–Trinajstić information content (AvgIpc) is 2.61. The van der Waals surface area contributed by atoms with E-state index in [9.17, 15) is 4.79 Å². The minimum atomic E-state index is -0.00520. The van der Waals surface area contributed by atoms with Crippen LogP contribution in [-0.4, -0.2) is 43.2 Å². The second-order valence-electron chi connectivity index (χ2n) is 6.44. The van der Waals surface area contributed by atoms with Gasteiger partial charge in [0, 0.05) is 31.9 Å². The molecule has 0 aromatic heterocycles. The molecular weight excluding hydrogens is 350 g/mol. The molecule has 1 fully saturated rings. The fourth-order valence-electron chi connectivity index (χ4n) is 3.07. The zero-order chi connectivity index (χ0) is 17.5. The molecule has 5 nitrogen and oxygen atoms in total. The lowest BCUT2D eigenvalue weighted by Gasteiger charge is -2.33. The van der Waals surface area contributed by atoms with Crippen LogP contribution in [0.3, 0.4) is 0 Å². The summed E-state index contributed by atoms with van der Waals surface area (Å²) in [5.74, 6) is -0.00520. The Morgan fingerprint density at radius 1 is 1.15 bits per heavy atom. The number of carbonyl (C=O) groups is 1. The molecule has 140 valence electrons. The van der Waals surface area contributed by atoms with E-state index in [0.29, 0.717) is 25.3 Å². The molecule has 2 aromatic rings. The molecule has 2 aromatic carbocycles. The molecule has 1 aliphatic heterocycles. The Morgan fingerprint density at radius 3 is 2.69 bits per heavy atom. The second-order valence-corrected chi connectivity index (χ2v) is 6.44. The van der Waals surface area contributed by atoms with Gasteiger partial charge in [-0.15, -0.1) is 12.4 Å². The average molecular weight is 376 g/mol. The first-order valence-corrected chi connectivity index (χ1v) is 8.68. The summed E-state index contributed by atoms with van der Waals surface area (Å²) in [4.78, 5) is 14.5. The molecule has 0 radical (unpaired) electrons. The first-order chi connectivity index (χ1) is 12.2. The largest absolute Gasteiger partial charge is 0.399 e. The first-order valence-electron chi connectivity index (χ1n) is 8.68. The van der Waals surface area contributed by atoms with E-state index in [0.717, 1.165) is 25.2 Å². The highest BCUT2D eigenvalue weighted by molar-refractivity contribution is 5.85. The number of nitrogen functional groups attached to an aromatic ring is 1. The molecule has 3 rings (SSSR count). The summed E-state index contributed by atoms with van der Waals surface area (Å²) in [5, 5.41) is 2.97. The van der Waals surface area contributed by atoms with E-state index in [1.165, 1.54) is 5.56 Å². The third kappa shape index (κ3) is 6.33. The maximum absolute atomic E-state index is 12.1. The molecule has 6 heteroatoms. The first kappa shape index (κ1) is 20.2. The number of rotatable bonds is 6. The van der Waals surface area contributed by atoms with E-state index < -0.39 is 0 Å². The second kappa shape index (κ2) is 10.2. The fraction of sp³-hybridized carbons (Fsp3) is 0.350. The number of nitrogens with one attached hydrogen (secondary N) is 1. The van der Waals surface area contributed by atoms with Crippen LogP contribution in [0.5, 0.6) is 0 Å². The minimum Gasteiger partial charge on any atom is -0.399 e. The number of ether oxygens (including phenoxy) is 1. The number of nitrogens with zero attached hydrogens (tertiary/aromatic N) is 1. The van der Waals surface area contributed by atoms with E-state index in [1.54, 1.807) is 0 Å². The van der Waals surface area contributed by atoms with Crippen LogP contribution in [0.15, 0.2) is 54.6 Å². The van der Waals surface area contributed by atoms with Gasteiger partial charge in [0.15, 0.2) is 0 Å². The summed E-state index contributed by atoms with van der Waals surface area (Å²) in [6.07, 6.45) is 0.369. The van der Waals surface area contributed by atoms with Crippen molar-refractivity contribution in [1.82, 2.24) is 10.2 Å². The molecule has 1 atom stereocenters. The summed E-state index contributed by atoms with van der Waals surface area (Å²) >= 11 is 0. The third-order valence-corrected chi connectivity index (χ3v) is 4.31. The number of hydrogen-bond acceptors (Lipinski definition) is 4. The zero-order valence-corrected chi connectivity index (χ0v) is 15.6. The molecule has 1 heterocycles. The number of halogens is 1. The standard InChI is InChI=1S/C20H25N3O2.ClH/c21-18-8-4-7-17(11-18)12-20(24)22-13-19-15-23(9-10-25-19)14-16-5-2-1-3-6-16;/h1-8,11,19H,9-10,12-15,21H2,(H,22,24);1H. The van der Waals surface area contributed by atoms with Crippen molar-refractivity contribution in [3.63, 3.8) is 0 Å². The van der Waals surface area contributed by atoms with E-state index >= 15 is 0 Å². The van der Waals surface area contributed by atoms with Crippen LogP contribution in [-0.2, 0) is 22.5 Å². The number of hydrogen-bond donors (Lipinski definition) is 2. The molecule has 0 bridgehead atoms. The van der Waals surface area contributed by atoms with Gasteiger partial charge >= 0.3 is 0 Å². The maximum Gasteiger partial charge on any atom is 0.224 e. The Balaban J connectivity index is 0.00000243. The van der Waals surface area contributed by atoms with Crippen LogP contribution in [0.1, 0.15) is 11.1 Å². The predicted molar refractivity (Wildman–Crippen MR) is 106 cm³/mol. The summed E-state index contributed by atoms with van der Waals surface area (Å²) < 4.78 is 5.79. The lowest BCUT2D eigenvalue weighted by atomic mass is 10.1. The number of nitrogens with two attached hydrogens (primary N) is 1. The van der Waals surface area contributed by atoms with Gasteiger partial charge in [0.25, 0.3) is 0 Å². The molecule has 0 spiro atoms. The van der Waals surface area contributed by atoms with Gasteiger partial charge in [-0.3, -0.25) is 9.69 Å². The van der Waals surface area contributed by atoms with Crippen molar-refractivity contribution < 1.29 is 9.53 Å². The van der Waals surface area contributed by atoms with E-state index in [1.807, 2.05) is 30.3 Å². The van der Waals surface area contributed by atoms with E-state index in [2.05, 4.69) is 34.5 Å². The van der Waals surface area contributed by atoms with Gasteiger partial charge in [-0.2, -0.15) is 0 Å². The molecule has 1 saturated heterocycles. The van der Waals surface area contributed by atoms with Crippen molar-refractivity contribution in [3.8, 4) is 0 Å². The SMILES string of the molecule is Cl.Nc1cccc(CC(=O)NCC2CN(Cc3ccccc3)CCO2)c1. The third-order valence-electron chi connectivity index (χ3n) is 4.31. The molecule has 0 saturated carbocycles. The highest BCUT2D eigenvalue weighted by atomic mass is 35.5. The van der Waals surface area contributed by atoms with Gasteiger partial charge in [0.05, 0.1) is 19.1 Å². The van der Waals surface area contributed by atoms with Crippen LogP contribution >= 0.6 is 12.4 Å². The Labute approximate surface area is 160 Å². The predicted octanol–water partition coefficient (Wildman–Crippen LogP) is 2.25. The number of morpholine rings is 1. The van der Waals surface area contributed by atoms with Crippen LogP contribution < -0.4 is 11.1 Å². The highest BCUT2D eigenvalue weighted by Gasteiger charge is 2.21. The molecule has 1 unspecified atom stereocenters. The Hall–Kier alpha value is -2.08.